The molecule has 3 aliphatic rings. The maximum atomic E-state index is 12.8. The van der Waals surface area contributed by atoms with E-state index in [0.717, 1.165) is 62.7 Å². The number of piperidine rings is 1. The largest absolute Gasteiger partial charge is 0.490 e. The van der Waals surface area contributed by atoms with E-state index >= 15 is 0 Å². The summed E-state index contributed by atoms with van der Waals surface area (Å²) >= 11 is 1.90. The molecule has 1 saturated carbocycles. The summed E-state index contributed by atoms with van der Waals surface area (Å²) < 4.78 is 33.8. The number of aromatic nitrogens is 2. The number of likely N-dealkylation sites (N-methyl/N-ethyl adjacent to an activating group) is 1. The van der Waals surface area contributed by atoms with Crippen LogP contribution in [0.15, 0.2) is 18.3 Å². The Bertz CT molecular complexity index is 1070. The molecule has 2 aliphatic heterocycles. The summed E-state index contributed by atoms with van der Waals surface area (Å²) in [5, 5.41) is 12.1. The molecular weight excluding hydrogens is 481 g/mol. The number of rotatable bonds is 4. The lowest BCUT2D eigenvalue weighted by molar-refractivity contribution is -0.192. The van der Waals surface area contributed by atoms with Gasteiger partial charge in [0.2, 0.25) is 0 Å². The van der Waals surface area contributed by atoms with Crippen molar-refractivity contribution in [1.29, 1.82) is 0 Å². The summed E-state index contributed by atoms with van der Waals surface area (Å²) in [5.74, 6) is -1.86. The van der Waals surface area contributed by atoms with Gasteiger partial charge in [-0.2, -0.15) is 18.3 Å². The van der Waals surface area contributed by atoms with E-state index in [9.17, 15) is 18.0 Å². The fourth-order valence-electron chi connectivity index (χ4n) is 5.13. The molecule has 0 aromatic carbocycles. The second-order valence-electron chi connectivity index (χ2n) is 9.94. The number of halogens is 3. The van der Waals surface area contributed by atoms with Crippen LogP contribution in [-0.4, -0.2) is 69.4 Å². The average Bonchev–Trinajstić information content (AvgIpc) is 3.37. The molecule has 35 heavy (non-hydrogen) atoms. The van der Waals surface area contributed by atoms with Crippen molar-refractivity contribution in [2.45, 2.75) is 63.7 Å². The molecule has 1 N–H and O–H groups in total. The number of thiophene rings is 1. The van der Waals surface area contributed by atoms with E-state index in [1.54, 1.807) is 0 Å². The third-order valence-electron chi connectivity index (χ3n) is 7.28. The molecule has 0 bridgehead atoms. The minimum Gasteiger partial charge on any atom is -0.475 e. The van der Waals surface area contributed by atoms with Crippen LogP contribution in [0.4, 0.5) is 13.2 Å². The summed E-state index contributed by atoms with van der Waals surface area (Å²) in [7, 11) is 1.96. The van der Waals surface area contributed by atoms with Gasteiger partial charge in [-0.25, -0.2) is 4.79 Å². The number of carbonyl (C=O) groups is 2. The highest BCUT2D eigenvalue weighted by Gasteiger charge is 2.46. The zero-order chi connectivity index (χ0) is 25.4. The van der Waals surface area contributed by atoms with Gasteiger partial charge in [-0.3, -0.25) is 14.4 Å². The van der Waals surface area contributed by atoms with Crippen molar-refractivity contribution in [3.63, 3.8) is 0 Å². The maximum absolute atomic E-state index is 12.8. The monoisotopic (exact) mass is 512 g/mol. The van der Waals surface area contributed by atoms with Crippen LogP contribution in [0.5, 0.6) is 0 Å². The van der Waals surface area contributed by atoms with Gasteiger partial charge in [-0.05, 0) is 63.7 Å². The fourth-order valence-corrected chi connectivity index (χ4v) is 6.07. The van der Waals surface area contributed by atoms with E-state index < -0.39 is 12.1 Å². The first-order valence-electron chi connectivity index (χ1n) is 11.9. The van der Waals surface area contributed by atoms with Crippen molar-refractivity contribution in [1.82, 2.24) is 19.6 Å². The molecule has 2 fully saturated rings. The minimum atomic E-state index is -5.08. The number of carboxylic acid groups (broad SMARTS) is 1. The van der Waals surface area contributed by atoms with Crippen molar-refractivity contribution >= 4 is 23.2 Å². The number of amides is 1. The third kappa shape index (κ3) is 5.72. The van der Waals surface area contributed by atoms with Crippen LogP contribution in [0.1, 0.15) is 57.9 Å². The van der Waals surface area contributed by atoms with Crippen LogP contribution in [0, 0.1) is 12.8 Å². The molecule has 11 heteroatoms. The molecule has 0 radical (unpaired) electrons. The van der Waals surface area contributed by atoms with E-state index in [0.29, 0.717) is 0 Å². The van der Waals surface area contributed by atoms with E-state index in [1.165, 1.54) is 29.0 Å². The Labute approximate surface area is 206 Å². The maximum Gasteiger partial charge on any atom is 0.490 e. The lowest BCUT2D eigenvalue weighted by Crippen LogP contribution is -2.53. The SMILES string of the molecule is Cc1ccc(CN2CCC3(CC2)CN(C)C(=O)c2cn(CC4CCC4)nc23)s1.O=C(O)C(F)(F)F. The summed E-state index contributed by atoms with van der Waals surface area (Å²) in [6, 6.07) is 4.48. The van der Waals surface area contributed by atoms with Gasteiger partial charge >= 0.3 is 12.1 Å². The molecule has 1 amide bonds. The molecule has 0 atom stereocenters. The van der Waals surface area contributed by atoms with Crippen LogP contribution in [-0.2, 0) is 23.3 Å². The van der Waals surface area contributed by atoms with Gasteiger partial charge in [0, 0.05) is 48.0 Å². The van der Waals surface area contributed by atoms with Gasteiger partial charge in [0.1, 0.15) is 0 Å². The molecule has 4 heterocycles. The first-order valence-corrected chi connectivity index (χ1v) is 12.7. The number of nitrogens with zero attached hydrogens (tertiary/aromatic N) is 4. The van der Waals surface area contributed by atoms with E-state index in [-0.39, 0.29) is 11.3 Å². The Morgan fingerprint density at radius 3 is 2.43 bits per heavy atom. The van der Waals surface area contributed by atoms with Crippen molar-refractivity contribution < 1.29 is 27.9 Å². The Morgan fingerprint density at radius 1 is 1.26 bits per heavy atom. The topological polar surface area (TPSA) is 78.7 Å². The van der Waals surface area contributed by atoms with Crippen LogP contribution in [0.2, 0.25) is 0 Å². The van der Waals surface area contributed by atoms with E-state index in [1.807, 2.05) is 29.5 Å². The first kappa shape index (κ1) is 25.7. The van der Waals surface area contributed by atoms with Gasteiger partial charge in [0.15, 0.2) is 0 Å². The number of alkyl halides is 3. The predicted molar refractivity (Wildman–Crippen MR) is 125 cm³/mol. The molecule has 7 nitrogen and oxygen atoms in total. The smallest absolute Gasteiger partial charge is 0.475 e. The first-order chi connectivity index (χ1) is 16.5. The molecule has 5 rings (SSSR count). The van der Waals surface area contributed by atoms with Crippen LogP contribution >= 0.6 is 11.3 Å². The van der Waals surface area contributed by atoms with Crippen molar-refractivity contribution in [2.75, 3.05) is 26.7 Å². The number of hydrogen-bond donors (Lipinski definition) is 1. The molecule has 192 valence electrons. The standard InChI is InChI=1S/C22H30N4OS.C2HF3O2/c1-16-6-7-18(28-16)13-25-10-8-22(9-11-25)15-24(2)21(27)19-14-26(23-20(19)22)12-17-4-3-5-17;3-2(4,5)1(6)7/h6-7,14,17H,3-5,8-13,15H2,1-2H3;(H,6,7). The summed E-state index contributed by atoms with van der Waals surface area (Å²) in [6.07, 6.45) is 3.08. The third-order valence-corrected chi connectivity index (χ3v) is 8.27. The number of fused-ring (bicyclic) bond motifs is 2. The molecule has 1 aliphatic carbocycles. The number of aryl methyl sites for hydroxylation is 1. The lowest BCUT2D eigenvalue weighted by Gasteiger charge is -2.45. The molecular formula is C24H31F3N4O3S. The zero-order valence-corrected chi connectivity index (χ0v) is 20.8. The molecule has 1 spiro atoms. The number of likely N-dealkylation sites (tertiary alicyclic amines) is 1. The predicted octanol–water partition coefficient (Wildman–Crippen LogP) is 4.31. The highest BCUT2D eigenvalue weighted by atomic mass is 32.1. The highest BCUT2D eigenvalue weighted by molar-refractivity contribution is 7.11. The van der Waals surface area contributed by atoms with Crippen LogP contribution in [0.3, 0.4) is 0 Å². The molecule has 2 aromatic heterocycles. The second kappa shape index (κ2) is 9.93. The average molecular weight is 513 g/mol. The van der Waals surface area contributed by atoms with Gasteiger partial charge in [-0.15, -0.1) is 11.3 Å². The summed E-state index contributed by atoms with van der Waals surface area (Å²) in [4.78, 5) is 29.0. The van der Waals surface area contributed by atoms with E-state index in [2.05, 4.69) is 28.6 Å². The fraction of sp³-hybridized carbons (Fsp3) is 0.625. The van der Waals surface area contributed by atoms with Crippen LogP contribution in [0.25, 0.3) is 0 Å². The Hall–Kier alpha value is -2.40. The Kier molecular flexibility index (Phi) is 7.28. The number of hydrogen-bond acceptors (Lipinski definition) is 5. The van der Waals surface area contributed by atoms with E-state index in [4.69, 9.17) is 15.0 Å². The lowest BCUT2D eigenvalue weighted by atomic mass is 9.72. The van der Waals surface area contributed by atoms with Crippen molar-refractivity contribution in [3.05, 3.63) is 39.3 Å². The van der Waals surface area contributed by atoms with Gasteiger partial charge in [-0.1, -0.05) is 6.42 Å². The van der Waals surface area contributed by atoms with Crippen molar-refractivity contribution in [3.8, 4) is 0 Å². The molecule has 2 aromatic rings. The molecule has 1 saturated heterocycles. The summed E-state index contributed by atoms with van der Waals surface area (Å²) in [6.45, 7) is 7.17. The zero-order valence-electron chi connectivity index (χ0n) is 20.0. The Morgan fingerprint density at radius 2 is 1.91 bits per heavy atom. The minimum absolute atomic E-state index is 0.0325. The Balaban J connectivity index is 0.000000364. The van der Waals surface area contributed by atoms with Gasteiger partial charge in [0.25, 0.3) is 5.91 Å². The number of carbonyl (C=O) groups excluding carboxylic acids is 1. The molecule has 0 unspecified atom stereocenters. The summed E-state index contributed by atoms with van der Waals surface area (Å²) in [5.41, 5.74) is 1.97. The number of carboxylic acids is 1. The van der Waals surface area contributed by atoms with Crippen LogP contribution < -0.4 is 0 Å². The van der Waals surface area contributed by atoms with Crippen molar-refractivity contribution in [2.24, 2.45) is 5.92 Å². The second-order valence-corrected chi connectivity index (χ2v) is 11.3. The highest BCUT2D eigenvalue weighted by Crippen LogP contribution is 2.41. The normalized spacial score (nSPS) is 20.3. The number of aliphatic carboxylic acids is 1. The van der Waals surface area contributed by atoms with Gasteiger partial charge in [0.05, 0.1) is 11.3 Å². The van der Waals surface area contributed by atoms with Gasteiger partial charge < -0.3 is 10.0 Å². The quantitative estimate of drug-likeness (QED) is 0.661.